The Hall–Kier alpha value is -1.45. The van der Waals surface area contributed by atoms with Crippen LogP contribution in [-0.4, -0.2) is 29.0 Å². The molecular formula is C15H19N3. The zero-order valence-electron chi connectivity index (χ0n) is 10.7. The van der Waals surface area contributed by atoms with E-state index < -0.39 is 0 Å². The van der Waals surface area contributed by atoms with Gasteiger partial charge in [-0.2, -0.15) is 0 Å². The second kappa shape index (κ2) is 4.67. The van der Waals surface area contributed by atoms with E-state index in [0.29, 0.717) is 6.04 Å². The van der Waals surface area contributed by atoms with Gasteiger partial charge in [0.25, 0.3) is 0 Å². The summed E-state index contributed by atoms with van der Waals surface area (Å²) < 4.78 is 0. The quantitative estimate of drug-likeness (QED) is 0.877. The predicted molar refractivity (Wildman–Crippen MR) is 74.3 cm³/mol. The molecule has 1 fully saturated rings. The standard InChI is InChI=1S/C15H19N3/c1-2-18-10-8-13(16)15(18)12-7-3-5-11-6-4-9-17-14(11)12/h3-7,9,13,15H,2,8,10,16H2,1H3. The van der Waals surface area contributed by atoms with Crippen LogP contribution in [0.5, 0.6) is 0 Å². The average molecular weight is 241 g/mol. The molecule has 3 rings (SSSR count). The average Bonchev–Trinajstić information content (AvgIpc) is 2.79. The number of pyridine rings is 1. The van der Waals surface area contributed by atoms with Crippen molar-refractivity contribution in [1.82, 2.24) is 9.88 Å². The summed E-state index contributed by atoms with van der Waals surface area (Å²) in [5, 5.41) is 1.20. The second-order valence-electron chi connectivity index (χ2n) is 4.95. The zero-order valence-corrected chi connectivity index (χ0v) is 10.7. The van der Waals surface area contributed by atoms with Gasteiger partial charge in [0.2, 0.25) is 0 Å². The second-order valence-corrected chi connectivity index (χ2v) is 4.95. The molecule has 0 aliphatic carbocycles. The Balaban J connectivity index is 2.13. The first-order valence-electron chi connectivity index (χ1n) is 6.64. The normalized spacial score (nSPS) is 24.8. The van der Waals surface area contributed by atoms with Crippen LogP contribution in [0.3, 0.4) is 0 Å². The lowest BCUT2D eigenvalue weighted by Gasteiger charge is -2.26. The van der Waals surface area contributed by atoms with Crippen molar-refractivity contribution in [2.24, 2.45) is 5.73 Å². The van der Waals surface area contributed by atoms with Crippen LogP contribution in [0.2, 0.25) is 0 Å². The Kier molecular flexibility index (Phi) is 3.02. The minimum Gasteiger partial charge on any atom is -0.326 e. The van der Waals surface area contributed by atoms with Gasteiger partial charge in [-0.3, -0.25) is 9.88 Å². The molecule has 2 N–H and O–H groups in total. The van der Waals surface area contributed by atoms with Gasteiger partial charge in [0.05, 0.1) is 11.6 Å². The summed E-state index contributed by atoms with van der Waals surface area (Å²) in [5.41, 5.74) is 8.67. The monoisotopic (exact) mass is 241 g/mol. The number of likely N-dealkylation sites (tertiary alicyclic amines) is 1. The minimum absolute atomic E-state index is 0.220. The zero-order chi connectivity index (χ0) is 12.5. The van der Waals surface area contributed by atoms with Gasteiger partial charge in [-0.15, -0.1) is 0 Å². The molecule has 0 spiro atoms. The summed E-state index contributed by atoms with van der Waals surface area (Å²) in [6, 6.07) is 11.0. The summed E-state index contributed by atoms with van der Waals surface area (Å²) in [5.74, 6) is 0. The highest BCUT2D eigenvalue weighted by Gasteiger charge is 2.32. The number of hydrogen-bond donors (Lipinski definition) is 1. The highest BCUT2D eigenvalue weighted by atomic mass is 15.2. The van der Waals surface area contributed by atoms with E-state index in [2.05, 4.69) is 41.1 Å². The number of para-hydroxylation sites is 1. The molecule has 94 valence electrons. The molecule has 0 saturated carbocycles. The third-order valence-electron chi connectivity index (χ3n) is 3.94. The molecule has 18 heavy (non-hydrogen) atoms. The van der Waals surface area contributed by atoms with E-state index in [0.717, 1.165) is 25.0 Å². The van der Waals surface area contributed by atoms with Crippen LogP contribution >= 0.6 is 0 Å². The van der Waals surface area contributed by atoms with E-state index >= 15 is 0 Å². The van der Waals surface area contributed by atoms with Crippen molar-refractivity contribution < 1.29 is 0 Å². The lowest BCUT2D eigenvalue weighted by molar-refractivity contribution is 0.262. The maximum Gasteiger partial charge on any atom is 0.0750 e. The third kappa shape index (κ3) is 1.80. The summed E-state index contributed by atoms with van der Waals surface area (Å²) >= 11 is 0. The lowest BCUT2D eigenvalue weighted by atomic mass is 9.98. The summed E-state index contributed by atoms with van der Waals surface area (Å²) in [7, 11) is 0. The molecule has 3 heteroatoms. The summed E-state index contributed by atoms with van der Waals surface area (Å²) in [6.45, 7) is 4.33. The third-order valence-corrected chi connectivity index (χ3v) is 3.94. The lowest BCUT2D eigenvalue weighted by Crippen LogP contribution is -2.31. The van der Waals surface area contributed by atoms with Crippen LogP contribution in [0.25, 0.3) is 10.9 Å². The molecule has 1 aromatic heterocycles. The fourth-order valence-corrected chi connectivity index (χ4v) is 3.03. The van der Waals surface area contributed by atoms with Gasteiger partial charge in [-0.05, 0) is 24.6 Å². The molecular weight excluding hydrogens is 222 g/mol. The molecule has 2 heterocycles. The van der Waals surface area contributed by atoms with Crippen LogP contribution in [0, 0.1) is 0 Å². The molecule has 0 bridgehead atoms. The van der Waals surface area contributed by atoms with Crippen LogP contribution in [0.4, 0.5) is 0 Å². The van der Waals surface area contributed by atoms with E-state index in [9.17, 15) is 0 Å². The van der Waals surface area contributed by atoms with Gasteiger partial charge in [0.15, 0.2) is 0 Å². The molecule has 1 aliphatic heterocycles. The fourth-order valence-electron chi connectivity index (χ4n) is 3.03. The molecule has 2 unspecified atom stereocenters. The predicted octanol–water partition coefficient (Wildman–Crippen LogP) is 2.33. The maximum absolute atomic E-state index is 6.30. The Bertz CT molecular complexity index is 547. The minimum atomic E-state index is 0.220. The van der Waals surface area contributed by atoms with Gasteiger partial charge in [-0.25, -0.2) is 0 Å². The number of benzene rings is 1. The van der Waals surface area contributed by atoms with E-state index in [-0.39, 0.29) is 6.04 Å². The van der Waals surface area contributed by atoms with Crippen LogP contribution in [-0.2, 0) is 0 Å². The highest BCUT2D eigenvalue weighted by Crippen LogP contribution is 2.34. The van der Waals surface area contributed by atoms with Crippen LogP contribution in [0.1, 0.15) is 24.9 Å². The number of fused-ring (bicyclic) bond motifs is 1. The van der Waals surface area contributed by atoms with Crippen molar-refractivity contribution in [2.75, 3.05) is 13.1 Å². The molecule has 3 nitrogen and oxygen atoms in total. The van der Waals surface area contributed by atoms with Gasteiger partial charge in [0, 0.05) is 24.2 Å². The first kappa shape index (κ1) is 11.6. The number of aromatic nitrogens is 1. The number of hydrogen-bond acceptors (Lipinski definition) is 3. The summed E-state index contributed by atoms with van der Waals surface area (Å²) in [4.78, 5) is 7.00. The number of likely N-dealkylation sites (N-methyl/N-ethyl adjacent to an activating group) is 1. The van der Waals surface area contributed by atoms with Crippen molar-refractivity contribution in [1.29, 1.82) is 0 Å². The number of nitrogens with two attached hydrogens (primary N) is 1. The Morgan fingerprint density at radius 1 is 1.33 bits per heavy atom. The largest absolute Gasteiger partial charge is 0.326 e. The Labute approximate surface area is 108 Å². The number of nitrogens with zero attached hydrogens (tertiary/aromatic N) is 2. The van der Waals surface area contributed by atoms with Crippen LogP contribution in [0.15, 0.2) is 36.5 Å². The molecule has 1 aliphatic rings. The van der Waals surface area contributed by atoms with Gasteiger partial charge in [-0.1, -0.05) is 31.2 Å². The van der Waals surface area contributed by atoms with Crippen molar-refractivity contribution >= 4 is 10.9 Å². The van der Waals surface area contributed by atoms with Crippen molar-refractivity contribution in [3.8, 4) is 0 Å². The fraction of sp³-hybridized carbons (Fsp3) is 0.400. The van der Waals surface area contributed by atoms with Crippen molar-refractivity contribution in [3.63, 3.8) is 0 Å². The summed E-state index contributed by atoms with van der Waals surface area (Å²) in [6.07, 6.45) is 2.93. The molecule has 0 amide bonds. The van der Waals surface area contributed by atoms with E-state index in [4.69, 9.17) is 5.73 Å². The Morgan fingerprint density at radius 3 is 3.00 bits per heavy atom. The van der Waals surface area contributed by atoms with E-state index in [1.807, 2.05) is 12.3 Å². The molecule has 0 radical (unpaired) electrons. The Morgan fingerprint density at radius 2 is 2.17 bits per heavy atom. The smallest absolute Gasteiger partial charge is 0.0750 e. The van der Waals surface area contributed by atoms with E-state index in [1.54, 1.807) is 0 Å². The van der Waals surface area contributed by atoms with Crippen molar-refractivity contribution in [3.05, 3.63) is 42.1 Å². The van der Waals surface area contributed by atoms with Crippen LogP contribution < -0.4 is 5.73 Å². The highest BCUT2D eigenvalue weighted by molar-refractivity contribution is 5.82. The topological polar surface area (TPSA) is 42.1 Å². The molecule has 1 saturated heterocycles. The van der Waals surface area contributed by atoms with Gasteiger partial charge < -0.3 is 5.73 Å². The van der Waals surface area contributed by atoms with Gasteiger partial charge in [0.1, 0.15) is 0 Å². The number of rotatable bonds is 2. The SMILES string of the molecule is CCN1CCC(N)C1c1cccc2cccnc12. The van der Waals surface area contributed by atoms with Crippen molar-refractivity contribution in [2.45, 2.75) is 25.4 Å². The van der Waals surface area contributed by atoms with Gasteiger partial charge >= 0.3 is 0 Å². The molecule has 2 aromatic rings. The molecule has 1 aromatic carbocycles. The first-order chi connectivity index (χ1) is 8.81. The first-order valence-corrected chi connectivity index (χ1v) is 6.64. The maximum atomic E-state index is 6.30. The molecule has 2 atom stereocenters. The van der Waals surface area contributed by atoms with E-state index in [1.165, 1.54) is 10.9 Å².